The van der Waals surface area contributed by atoms with Crippen molar-refractivity contribution in [2.24, 2.45) is 7.05 Å². The zero-order valence-corrected chi connectivity index (χ0v) is 12.1. The van der Waals surface area contributed by atoms with Crippen molar-refractivity contribution in [3.05, 3.63) is 46.4 Å². The summed E-state index contributed by atoms with van der Waals surface area (Å²) in [5.41, 5.74) is 1.96. The van der Waals surface area contributed by atoms with E-state index in [9.17, 15) is 4.79 Å². The summed E-state index contributed by atoms with van der Waals surface area (Å²) in [6.45, 7) is 0. The van der Waals surface area contributed by atoms with E-state index in [2.05, 4.69) is 4.98 Å². The maximum absolute atomic E-state index is 12.3. The van der Waals surface area contributed by atoms with Crippen molar-refractivity contribution in [2.45, 2.75) is 6.42 Å². The largest absolute Gasteiger partial charge is 0.496 e. The third-order valence-electron chi connectivity index (χ3n) is 3.28. The highest BCUT2D eigenvalue weighted by Crippen LogP contribution is 2.23. The molecule has 0 amide bonds. The van der Waals surface area contributed by atoms with E-state index in [-0.39, 0.29) is 5.78 Å². The molecule has 20 heavy (non-hydrogen) atoms. The topological polar surface area (TPSA) is 44.1 Å². The van der Waals surface area contributed by atoms with E-state index in [1.807, 2.05) is 41.3 Å². The lowest BCUT2D eigenvalue weighted by molar-refractivity contribution is 0.0994. The highest BCUT2D eigenvalue weighted by Gasteiger charge is 2.15. The smallest absolute Gasteiger partial charge is 0.180 e. The average Bonchev–Trinajstić information content (AvgIpc) is 3.05. The first-order chi connectivity index (χ1) is 9.69. The molecule has 0 saturated carbocycles. The molecule has 4 nitrogen and oxygen atoms in total. The fraction of sp³-hybridized carbons (Fsp3) is 0.200. The van der Waals surface area contributed by atoms with Crippen molar-refractivity contribution in [1.29, 1.82) is 0 Å². The molecule has 0 bridgehead atoms. The zero-order valence-electron chi connectivity index (χ0n) is 11.3. The summed E-state index contributed by atoms with van der Waals surface area (Å²) >= 11 is 1.40. The second kappa shape index (κ2) is 5.09. The molecule has 0 spiro atoms. The molecule has 0 aliphatic carbocycles. The highest BCUT2D eigenvalue weighted by atomic mass is 32.1. The molecule has 0 aliphatic heterocycles. The molecule has 5 heteroatoms. The number of aryl methyl sites for hydroxylation is 1. The number of thiophene rings is 1. The fourth-order valence-corrected chi connectivity index (χ4v) is 2.95. The van der Waals surface area contributed by atoms with E-state index < -0.39 is 0 Å². The Kier molecular flexibility index (Phi) is 3.28. The number of hydrogen-bond acceptors (Lipinski definition) is 4. The monoisotopic (exact) mass is 286 g/mol. The summed E-state index contributed by atoms with van der Waals surface area (Å²) in [6, 6.07) is 9.66. The zero-order chi connectivity index (χ0) is 14.1. The Labute approximate surface area is 120 Å². The summed E-state index contributed by atoms with van der Waals surface area (Å²) < 4.78 is 7.07. The minimum Gasteiger partial charge on any atom is -0.496 e. The first-order valence-corrected chi connectivity index (χ1v) is 7.13. The Balaban J connectivity index is 1.89. The van der Waals surface area contributed by atoms with Crippen molar-refractivity contribution in [3.63, 3.8) is 0 Å². The number of hydrogen-bond donors (Lipinski definition) is 0. The summed E-state index contributed by atoms with van der Waals surface area (Å²) in [6.07, 6.45) is 0.300. The van der Waals surface area contributed by atoms with E-state index in [1.165, 1.54) is 11.3 Å². The summed E-state index contributed by atoms with van der Waals surface area (Å²) in [7, 11) is 3.54. The Morgan fingerprint density at radius 3 is 2.90 bits per heavy atom. The van der Waals surface area contributed by atoms with Crippen LogP contribution in [0.4, 0.5) is 0 Å². The lowest BCUT2D eigenvalue weighted by Crippen LogP contribution is -2.07. The molecule has 102 valence electrons. The number of carbonyl (C=O) groups is 1. The normalized spacial score (nSPS) is 10.9. The molecule has 0 N–H and O–H groups in total. The van der Waals surface area contributed by atoms with Crippen LogP contribution in [0.15, 0.2) is 35.7 Å². The first-order valence-electron chi connectivity index (χ1n) is 6.25. The van der Waals surface area contributed by atoms with Crippen molar-refractivity contribution < 1.29 is 9.53 Å². The number of rotatable bonds is 4. The molecule has 0 radical (unpaired) electrons. The highest BCUT2D eigenvalue weighted by molar-refractivity contribution is 7.12. The minimum atomic E-state index is 0.0664. The molecule has 0 saturated heterocycles. The van der Waals surface area contributed by atoms with Gasteiger partial charge in [-0.2, -0.15) is 0 Å². The van der Waals surface area contributed by atoms with Crippen LogP contribution < -0.4 is 4.74 Å². The van der Waals surface area contributed by atoms with E-state index in [1.54, 1.807) is 13.2 Å². The number of ether oxygens (including phenoxy) is 1. The van der Waals surface area contributed by atoms with Gasteiger partial charge in [0.2, 0.25) is 0 Å². The van der Waals surface area contributed by atoms with Gasteiger partial charge in [0, 0.05) is 18.5 Å². The van der Waals surface area contributed by atoms with Crippen LogP contribution in [0.5, 0.6) is 5.75 Å². The van der Waals surface area contributed by atoms with Crippen LogP contribution in [0.2, 0.25) is 0 Å². The number of carbonyl (C=O) groups excluding carboxylic acids is 1. The van der Waals surface area contributed by atoms with Gasteiger partial charge >= 0.3 is 0 Å². The molecule has 2 aromatic heterocycles. The standard InChI is InChI=1S/C15H14N2O2S/c1-17-12-6-4-3-5-11(12)16-15(17)8-13(18)14-7-10(19-2)9-20-14/h3-7,9H,8H2,1-2H3. The van der Waals surface area contributed by atoms with Gasteiger partial charge in [0.25, 0.3) is 0 Å². The quantitative estimate of drug-likeness (QED) is 0.692. The van der Waals surface area contributed by atoms with Gasteiger partial charge in [-0.1, -0.05) is 12.1 Å². The molecular formula is C15H14N2O2S. The van der Waals surface area contributed by atoms with E-state index >= 15 is 0 Å². The molecule has 3 aromatic rings. The fourth-order valence-electron chi connectivity index (χ4n) is 2.16. The molecule has 0 fully saturated rings. The third kappa shape index (κ3) is 2.20. The Morgan fingerprint density at radius 2 is 2.20 bits per heavy atom. The lowest BCUT2D eigenvalue weighted by Gasteiger charge is -2.00. The second-order valence-electron chi connectivity index (χ2n) is 4.53. The van der Waals surface area contributed by atoms with Gasteiger partial charge in [-0.15, -0.1) is 11.3 Å². The van der Waals surface area contributed by atoms with Crippen LogP contribution in [0.3, 0.4) is 0 Å². The van der Waals surface area contributed by atoms with Crippen LogP contribution in [0.25, 0.3) is 11.0 Å². The second-order valence-corrected chi connectivity index (χ2v) is 5.44. The van der Waals surface area contributed by atoms with E-state index in [4.69, 9.17) is 4.74 Å². The Hall–Kier alpha value is -2.14. The van der Waals surface area contributed by atoms with Crippen LogP contribution in [-0.2, 0) is 13.5 Å². The number of imidazole rings is 1. The number of fused-ring (bicyclic) bond motifs is 1. The predicted molar refractivity (Wildman–Crippen MR) is 79.6 cm³/mol. The first kappa shape index (κ1) is 12.9. The number of methoxy groups -OCH3 is 1. The van der Waals surface area contributed by atoms with Crippen LogP contribution in [0.1, 0.15) is 15.5 Å². The molecule has 2 heterocycles. The maximum Gasteiger partial charge on any atom is 0.180 e. The van der Waals surface area contributed by atoms with Crippen molar-refractivity contribution in [1.82, 2.24) is 9.55 Å². The van der Waals surface area contributed by atoms with Gasteiger partial charge in [-0.3, -0.25) is 4.79 Å². The predicted octanol–water partition coefficient (Wildman–Crippen LogP) is 3.07. The third-order valence-corrected chi connectivity index (χ3v) is 4.23. The summed E-state index contributed by atoms with van der Waals surface area (Å²) in [4.78, 5) is 17.5. The van der Waals surface area contributed by atoms with E-state index in [0.29, 0.717) is 11.3 Å². The van der Waals surface area contributed by atoms with Gasteiger partial charge < -0.3 is 9.30 Å². The molecule has 0 aliphatic rings. The Morgan fingerprint density at radius 1 is 1.40 bits per heavy atom. The molecule has 0 unspecified atom stereocenters. The summed E-state index contributed by atoms with van der Waals surface area (Å²) in [5, 5.41) is 1.84. The van der Waals surface area contributed by atoms with E-state index in [0.717, 1.165) is 22.6 Å². The maximum atomic E-state index is 12.3. The van der Waals surface area contributed by atoms with Crippen LogP contribution in [-0.4, -0.2) is 22.4 Å². The van der Waals surface area contributed by atoms with Gasteiger partial charge in [-0.25, -0.2) is 4.98 Å². The number of para-hydroxylation sites is 2. The van der Waals surface area contributed by atoms with Crippen molar-refractivity contribution >= 4 is 28.2 Å². The molecule has 3 rings (SSSR count). The number of nitrogens with zero attached hydrogens (tertiary/aromatic N) is 2. The van der Waals surface area contributed by atoms with Crippen LogP contribution in [0, 0.1) is 0 Å². The van der Waals surface area contributed by atoms with Gasteiger partial charge in [0.15, 0.2) is 5.78 Å². The molecule has 0 atom stereocenters. The van der Waals surface area contributed by atoms with Gasteiger partial charge in [0.1, 0.15) is 11.6 Å². The van der Waals surface area contributed by atoms with Gasteiger partial charge in [-0.05, 0) is 12.1 Å². The molecule has 1 aromatic carbocycles. The van der Waals surface area contributed by atoms with Crippen molar-refractivity contribution in [2.75, 3.05) is 7.11 Å². The summed E-state index contributed by atoms with van der Waals surface area (Å²) in [5.74, 6) is 1.57. The minimum absolute atomic E-state index is 0.0664. The number of aromatic nitrogens is 2. The van der Waals surface area contributed by atoms with Gasteiger partial charge in [0.05, 0.1) is 29.4 Å². The lowest BCUT2D eigenvalue weighted by atomic mass is 10.2. The number of Topliss-reactive ketones (excluding diaryl/α,β-unsaturated/α-hetero) is 1. The average molecular weight is 286 g/mol. The Bertz CT molecular complexity index is 773. The van der Waals surface area contributed by atoms with Crippen molar-refractivity contribution in [3.8, 4) is 5.75 Å². The SMILES string of the molecule is COc1csc(C(=O)Cc2nc3ccccc3n2C)c1. The number of ketones is 1. The number of benzene rings is 1. The molecular weight excluding hydrogens is 272 g/mol. The van der Waals surface area contributed by atoms with Crippen LogP contribution >= 0.6 is 11.3 Å².